The summed E-state index contributed by atoms with van der Waals surface area (Å²) in [7, 11) is 0. The maximum atomic E-state index is 13.5. The molecule has 114 valence electrons. The van der Waals surface area contributed by atoms with Gasteiger partial charge in [0.25, 0.3) is 0 Å². The molecule has 1 aromatic carbocycles. The Kier molecular flexibility index (Phi) is 4.24. The van der Waals surface area contributed by atoms with Crippen LogP contribution in [0.3, 0.4) is 0 Å². The van der Waals surface area contributed by atoms with Crippen LogP contribution in [0, 0.1) is 11.7 Å². The number of ether oxygens (including phenoxy) is 2. The minimum atomic E-state index is -0.651. The highest BCUT2D eigenvalue weighted by Crippen LogP contribution is 2.42. The fourth-order valence-electron chi connectivity index (χ4n) is 3.42. The van der Waals surface area contributed by atoms with Gasteiger partial charge in [0.15, 0.2) is 0 Å². The molecule has 1 aliphatic carbocycles. The third kappa shape index (κ3) is 2.95. The summed E-state index contributed by atoms with van der Waals surface area (Å²) in [6.07, 6.45) is 4.41. The maximum Gasteiger partial charge on any atom is 0.316 e. The largest absolute Gasteiger partial charge is 0.465 e. The van der Waals surface area contributed by atoms with Crippen LogP contribution in [0.1, 0.15) is 37.7 Å². The average Bonchev–Trinajstić information content (AvgIpc) is 3.17. The van der Waals surface area contributed by atoms with Crippen molar-refractivity contribution in [1.29, 1.82) is 0 Å². The smallest absolute Gasteiger partial charge is 0.316 e. The summed E-state index contributed by atoms with van der Waals surface area (Å²) in [6.45, 7) is 1.83. The number of benzene rings is 1. The van der Waals surface area contributed by atoms with E-state index in [4.69, 9.17) is 9.47 Å². The first-order valence-corrected chi connectivity index (χ1v) is 7.72. The van der Waals surface area contributed by atoms with E-state index in [9.17, 15) is 9.18 Å². The zero-order valence-corrected chi connectivity index (χ0v) is 12.1. The second kappa shape index (κ2) is 6.14. The monoisotopic (exact) mass is 292 g/mol. The Morgan fingerprint density at radius 1 is 1.38 bits per heavy atom. The minimum Gasteiger partial charge on any atom is -0.465 e. The van der Waals surface area contributed by atoms with Crippen molar-refractivity contribution < 1.29 is 18.7 Å². The summed E-state index contributed by atoms with van der Waals surface area (Å²) in [5, 5.41) is 0. The van der Waals surface area contributed by atoms with Crippen LogP contribution in [0.5, 0.6) is 0 Å². The quantitative estimate of drug-likeness (QED) is 0.799. The number of halogens is 1. The molecule has 2 fully saturated rings. The lowest BCUT2D eigenvalue weighted by Crippen LogP contribution is -2.36. The Morgan fingerprint density at radius 3 is 2.86 bits per heavy atom. The summed E-state index contributed by atoms with van der Waals surface area (Å²) in [4.78, 5) is 12.7. The Morgan fingerprint density at radius 2 is 2.19 bits per heavy atom. The van der Waals surface area contributed by atoms with Gasteiger partial charge in [-0.2, -0.15) is 0 Å². The molecule has 1 saturated carbocycles. The van der Waals surface area contributed by atoms with E-state index in [0.29, 0.717) is 19.1 Å². The predicted molar refractivity (Wildman–Crippen MR) is 76.4 cm³/mol. The lowest BCUT2D eigenvalue weighted by atomic mass is 9.79. The lowest BCUT2D eigenvalue weighted by Gasteiger charge is -2.27. The van der Waals surface area contributed by atoms with Gasteiger partial charge in [-0.15, -0.1) is 0 Å². The Bertz CT molecular complexity index is 503. The molecule has 2 aliphatic rings. The number of rotatable bonds is 4. The Balaban J connectivity index is 1.75. The van der Waals surface area contributed by atoms with Crippen molar-refractivity contribution in [2.75, 3.05) is 19.8 Å². The summed E-state index contributed by atoms with van der Waals surface area (Å²) in [6, 6.07) is 6.40. The molecule has 1 heterocycles. The van der Waals surface area contributed by atoms with E-state index in [0.717, 1.165) is 44.3 Å². The van der Waals surface area contributed by atoms with Crippen molar-refractivity contribution in [2.24, 2.45) is 5.92 Å². The van der Waals surface area contributed by atoms with Gasteiger partial charge in [0, 0.05) is 12.5 Å². The standard InChI is InChI=1S/C17H21FO3/c18-15-5-3-4-14(10-15)17(7-1-2-8-17)16(19)21-12-13-6-9-20-11-13/h3-5,10,13H,1-2,6-9,11-12H2/t13-/m0/s1. The molecule has 1 saturated heterocycles. The SMILES string of the molecule is O=C(OC[C@H]1CCOC1)C1(c2cccc(F)c2)CCCC1. The lowest BCUT2D eigenvalue weighted by molar-refractivity contribution is -0.152. The molecule has 0 bridgehead atoms. The van der Waals surface area contributed by atoms with Gasteiger partial charge in [-0.25, -0.2) is 4.39 Å². The molecule has 3 nitrogen and oxygen atoms in total. The normalized spacial score (nSPS) is 24.1. The fourth-order valence-corrected chi connectivity index (χ4v) is 3.42. The molecule has 3 rings (SSSR count). The highest BCUT2D eigenvalue weighted by atomic mass is 19.1. The van der Waals surface area contributed by atoms with Crippen LogP contribution in [0.4, 0.5) is 4.39 Å². The van der Waals surface area contributed by atoms with Crippen molar-refractivity contribution >= 4 is 5.97 Å². The second-order valence-electron chi connectivity index (χ2n) is 6.13. The molecule has 0 N–H and O–H groups in total. The van der Waals surface area contributed by atoms with Crippen molar-refractivity contribution in [3.63, 3.8) is 0 Å². The first kappa shape index (κ1) is 14.5. The molecular formula is C17H21FO3. The first-order valence-electron chi connectivity index (χ1n) is 7.72. The van der Waals surface area contributed by atoms with Gasteiger partial charge in [0.1, 0.15) is 5.82 Å². The third-order valence-corrected chi connectivity index (χ3v) is 4.70. The van der Waals surface area contributed by atoms with Gasteiger partial charge in [-0.1, -0.05) is 25.0 Å². The summed E-state index contributed by atoms with van der Waals surface area (Å²) in [5.74, 6) is -0.187. The zero-order valence-electron chi connectivity index (χ0n) is 12.1. The van der Waals surface area contributed by atoms with E-state index in [1.165, 1.54) is 12.1 Å². The Labute approximate surface area is 124 Å². The minimum absolute atomic E-state index is 0.197. The van der Waals surface area contributed by atoms with Gasteiger partial charge >= 0.3 is 5.97 Å². The van der Waals surface area contributed by atoms with Crippen LogP contribution in [0.2, 0.25) is 0 Å². The number of hydrogen-bond acceptors (Lipinski definition) is 3. The second-order valence-corrected chi connectivity index (χ2v) is 6.13. The van der Waals surface area contributed by atoms with E-state index in [2.05, 4.69) is 0 Å². The topological polar surface area (TPSA) is 35.5 Å². The molecule has 4 heteroatoms. The van der Waals surface area contributed by atoms with Crippen LogP contribution in [-0.2, 0) is 19.7 Å². The van der Waals surface area contributed by atoms with Crippen LogP contribution < -0.4 is 0 Å². The molecule has 0 aromatic heterocycles. The van der Waals surface area contributed by atoms with E-state index in [-0.39, 0.29) is 11.8 Å². The van der Waals surface area contributed by atoms with Crippen molar-refractivity contribution in [3.05, 3.63) is 35.6 Å². The first-order chi connectivity index (χ1) is 10.2. The van der Waals surface area contributed by atoms with E-state index < -0.39 is 5.41 Å². The summed E-state index contributed by atoms with van der Waals surface area (Å²) in [5.41, 5.74) is 0.106. The third-order valence-electron chi connectivity index (χ3n) is 4.70. The van der Waals surface area contributed by atoms with Crippen LogP contribution in [0.15, 0.2) is 24.3 Å². The van der Waals surface area contributed by atoms with Crippen LogP contribution in [-0.4, -0.2) is 25.8 Å². The van der Waals surface area contributed by atoms with Gasteiger partial charge in [-0.3, -0.25) is 4.79 Å². The molecule has 0 amide bonds. The van der Waals surface area contributed by atoms with E-state index in [1.54, 1.807) is 6.07 Å². The Hall–Kier alpha value is -1.42. The number of hydrogen-bond donors (Lipinski definition) is 0. The van der Waals surface area contributed by atoms with Crippen molar-refractivity contribution in [1.82, 2.24) is 0 Å². The summed E-state index contributed by atoms with van der Waals surface area (Å²) < 4.78 is 24.4. The molecule has 21 heavy (non-hydrogen) atoms. The fraction of sp³-hybridized carbons (Fsp3) is 0.588. The highest BCUT2D eigenvalue weighted by Gasteiger charge is 2.44. The molecule has 0 spiro atoms. The number of carbonyl (C=O) groups is 1. The van der Waals surface area contributed by atoms with Gasteiger partial charge < -0.3 is 9.47 Å². The van der Waals surface area contributed by atoms with Gasteiger partial charge in [-0.05, 0) is 37.0 Å². The van der Waals surface area contributed by atoms with Crippen molar-refractivity contribution in [2.45, 2.75) is 37.5 Å². The number of carbonyl (C=O) groups excluding carboxylic acids is 1. The van der Waals surface area contributed by atoms with Crippen molar-refractivity contribution in [3.8, 4) is 0 Å². The van der Waals surface area contributed by atoms with Gasteiger partial charge in [0.05, 0.1) is 18.6 Å². The van der Waals surface area contributed by atoms with E-state index >= 15 is 0 Å². The molecule has 0 radical (unpaired) electrons. The highest BCUT2D eigenvalue weighted by molar-refractivity contribution is 5.83. The van der Waals surface area contributed by atoms with E-state index in [1.807, 2.05) is 6.07 Å². The molecule has 1 aliphatic heterocycles. The van der Waals surface area contributed by atoms with Crippen LogP contribution >= 0.6 is 0 Å². The maximum absolute atomic E-state index is 13.5. The molecular weight excluding hydrogens is 271 g/mol. The van der Waals surface area contributed by atoms with Crippen LogP contribution in [0.25, 0.3) is 0 Å². The van der Waals surface area contributed by atoms with Gasteiger partial charge in [0.2, 0.25) is 0 Å². The molecule has 1 aromatic rings. The molecule has 1 atom stereocenters. The molecule has 0 unspecified atom stereocenters. The summed E-state index contributed by atoms with van der Waals surface area (Å²) >= 11 is 0. The predicted octanol–water partition coefficient (Wildman–Crippen LogP) is 3.22. The average molecular weight is 292 g/mol. The zero-order chi connectivity index (χ0) is 14.7. The number of esters is 1.